The van der Waals surface area contributed by atoms with E-state index in [2.05, 4.69) is 10.2 Å². The van der Waals surface area contributed by atoms with Crippen molar-refractivity contribution < 1.29 is 9.59 Å². The highest BCUT2D eigenvalue weighted by Gasteiger charge is 2.24. The number of likely N-dealkylation sites (N-methyl/N-ethyl adjacent to an activating group) is 1. The van der Waals surface area contributed by atoms with Gasteiger partial charge in [-0.2, -0.15) is 0 Å². The number of rotatable bonds is 6. The van der Waals surface area contributed by atoms with Gasteiger partial charge in [0.1, 0.15) is 0 Å². The van der Waals surface area contributed by atoms with Gasteiger partial charge in [0.05, 0.1) is 23.8 Å². The van der Waals surface area contributed by atoms with E-state index in [9.17, 15) is 9.59 Å². The summed E-state index contributed by atoms with van der Waals surface area (Å²) in [4.78, 5) is 30.7. The zero-order chi connectivity index (χ0) is 20.0. The zero-order valence-electron chi connectivity index (χ0n) is 16.8. The normalized spacial score (nSPS) is 15.2. The SMILES string of the molecule is CCN(CC(=O)NC(C)(C)C)CC(=O)N1CCN(c2ccccc2Cl)CC1. The fourth-order valence-corrected chi connectivity index (χ4v) is 3.39. The number of hydrogen-bond acceptors (Lipinski definition) is 4. The molecule has 27 heavy (non-hydrogen) atoms. The smallest absolute Gasteiger partial charge is 0.236 e. The van der Waals surface area contributed by atoms with Crippen molar-refractivity contribution >= 4 is 29.1 Å². The first kappa shape index (κ1) is 21.5. The van der Waals surface area contributed by atoms with Crippen LogP contribution in [0.5, 0.6) is 0 Å². The van der Waals surface area contributed by atoms with Crippen LogP contribution in [0.1, 0.15) is 27.7 Å². The lowest BCUT2D eigenvalue weighted by Crippen LogP contribution is -2.52. The van der Waals surface area contributed by atoms with Gasteiger partial charge in [-0.3, -0.25) is 14.5 Å². The van der Waals surface area contributed by atoms with Crippen LogP contribution in [0.2, 0.25) is 5.02 Å². The summed E-state index contributed by atoms with van der Waals surface area (Å²) in [5.41, 5.74) is 0.746. The Morgan fingerprint density at radius 2 is 1.74 bits per heavy atom. The fraction of sp³-hybridized carbons (Fsp3) is 0.600. The summed E-state index contributed by atoms with van der Waals surface area (Å²) in [7, 11) is 0. The Bertz CT molecular complexity index is 652. The van der Waals surface area contributed by atoms with E-state index in [1.54, 1.807) is 0 Å². The third kappa shape index (κ3) is 6.70. The van der Waals surface area contributed by atoms with Gasteiger partial charge in [-0.05, 0) is 39.4 Å². The summed E-state index contributed by atoms with van der Waals surface area (Å²) >= 11 is 6.27. The number of nitrogens with one attached hydrogen (secondary N) is 1. The standard InChI is InChI=1S/C20H31ClN4O2/c1-5-23(14-18(26)22-20(2,3)4)15-19(27)25-12-10-24(11-13-25)17-9-7-6-8-16(17)21/h6-9H,5,10-15H2,1-4H3,(H,22,26). The Morgan fingerprint density at radius 3 is 2.30 bits per heavy atom. The Balaban J connectivity index is 1.84. The number of para-hydroxylation sites is 1. The van der Waals surface area contributed by atoms with Crippen molar-refractivity contribution in [3.8, 4) is 0 Å². The number of piperazine rings is 1. The number of hydrogen-bond donors (Lipinski definition) is 1. The summed E-state index contributed by atoms with van der Waals surface area (Å²) in [6.45, 7) is 11.8. The maximum atomic E-state index is 12.7. The largest absolute Gasteiger partial charge is 0.367 e. The van der Waals surface area contributed by atoms with E-state index in [4.69, 9.17) is 11.6 Å². The molecule has 1 aromatic carbocycles. The first-order valence-electron chi connectivity index (χ1n) is 9.50. The minimum Gasteiger partial charge on any atom is -0.367 e. The molecule has 0 aliphatic carbocycles. The first-order valence-corrected chi connectivity index (χ1v) is 9.88. The van der Waals surface area contributed by atoms with Gasteiger partial charge in [-0.25, -0.2) is 0 Å². The van der Waals surface area contributed by atoms with Crippen molar-refractivity contribution in [2.75, 3.05) is 50.7 Å². The minimum atomic E-state index is -0.268. The van der Waals surface area contributed by atoms with Crippen LogP contribution in [0, 0.1) is 0 Å². The highest BCUT2D eigenvalue weighted by Crippen LogP contribution is 2.26. The summed E-state index contributed by atoms with van der Waals surface area (Å²) in [5.74, 6) is 0.0138. The number of carbonyl (C=O) groups is 2. The Labute approximate surface area is 167 Å². The summed E-state index contributed by atoms with van der Waals surface area (Å²) in [5, 5.41) is 3.68. The van der Waals surface area contributed by atoms with Crippen molar-refractivity contribution in [1.82, 2.24) is 15.1 Å². The molecule has 0 saturated carbocycles. The summed E-state index contributed by atoms with van der Waals surface area (Å²) < 4.78 is 0. The predicted octanol–water partition coefficient (Wildman–Crippen LogP) is 2.23. The molecule has 150 valence electrons. The maximum Gasteiger partial charge on any atom is 0.236 e. The molecule has 1 N–H and O–H groups in total. The molecule has 0 radical (unpaired) electrons. The van der Waals surface area contributed by atoms with E-state index in [-0.39, 0.29) is 30.4 Å². The predicted molar refractivity (Wildman–Crippen MR) is 110 cm³/mol. The highest BCUT2D eigenvalue weighted by molar-refractivity contribution is 6.33. The third-order valence-electron chi connectivity index (χ3n) is 4.51. The quantitative estimate of drug-likeness (QED) is 0.803. The van der Waals surface area contributed by atoms with Gasteiger partial charge in [0, 0.05) is 31.7 Å². The molecule has 1 fully saturated rings. The molecule has 0 spiro atoms. The fourth-order valence-electron chi connectivity index (χ4n) is 3.14. The van der Waals surface area contributed by atoms with E-state index < -0.39 is 0 Å². The average Bonchev–Trinajstić information content (AvgIpc) is 2.60. The van der Waals surface area contributed by atoms with Gasteiger partial charge < -0.3 is 15.1 Å². The molecular weight excluding hydrogens is 364 g/mol. The lowest BCUT2D eigenvalue weighted by molar-refractivity contribution is -0.133. The second kappa shape index (κ2) is 9.42. The zero-order valence-corrected chi connectivity index (χ0v) is 17.6. The van der Waals surface area contributed by atoms with E-state index >= 15 is 0 Å². The molecule has 2 amide bonds. The molecule has 0 atom stereocenters. The first-order chi connectivity index (χ1) is 12.7. The molecule has 1 aliphatic heterocycles. The Morgan fingerprint density at radius 1 is 1.11 bits per heavy atom. The number of halogens is 1. The number of carbonyl (C=O) groups excluding carboxylic acids is 2. The Hall–Kier alpha value is -1.79. The molecule has 6 nitrogen and oxygen atoms in total. The second-order valence-corrected chi connectivity index (χ2v) is 8.33. The lowest BCUT2D eigenvalue weighted by Gasteiger charge is -2.37. The van der Waals surface area contributed by atoms with Crippen molar-refractivity contribution in [2.45, 2.75) is 33.2 Å². The topological polar surface area (TPSA) is 55.9 Å². The minimum absolute atomic E-state index is 0.0549. The van der Waals surface area contributed by atoms with Gasteiger partial charge in [0.2, 0.25) is 11.8 Å². The van der Waals surface area contributed by atoms with Crippen molar-refractivity contribution in [1.29, 1.82) is 0 Å². The van der Waals surface area contributed by atoms with Crippen LogP contribution in [0.25, 0.3) is 0 Å². The van der Waals surface area contributed by atoms with Crippen LogP contribution in [-0.4, -0.2) is 73.0 Å². The molecule has 1 saturated heterocycles. The molecule has 1 heterocycles. The molecule has 7 heteroatoms. The highest BCUT2D eigenvalue weighted by atomic mass is 35.5. The third-order valence-corrected chi connectivity index (χ3v) is 4.83. The van der Waals surface area contributed by atoms with Crippen LogP contribution < -0.4 is 10.2 Å². The number of anilines is 1. The van der Waals surface area contributed by atoms with Crippen molar-refractivity contribution in [2.24, 2.45) is 0 Å². The van der Waals surface area contributed by atoms with E-state index in [0.29, 0.717) is 19.6 Å². The van der Waals surface area contributed by atoms with Gasteiger partial charge in [0.25, 0.3) is 0 Å². The van der Waals surface area contributed by atoms with Crippen LogP contribution in [-0.2, 0) is 9.59 Å². The molecule has 1 aromatic rings. The monoisotopic (exact) mass is 394 g/mol. The van der Waals surface area contributed by atoms with Gasteiger partial charge >= 0.3 is 0 Å². The van der Waals surface area contributed by atoms with Crippen LogP contribution in [0.4, 0.5) is 5.69 Å². The van der Waals surface area contributed by atoms with E-state index in [0.717, 1.165) is 23.8 Å². The molecule has 0 aromatic heterocycles. The van der Waals surface area contributed by atoms with Crippen LogP contribution in [0.3, 0.4) is 0 Å². The number of amides is 2. The second-order valence-electron chi connectivity index (χ2n) is 7.92. The van der Waals surface area contributed by atoms with Gasteiger partial charge in [0.15, 0.2) is 0 Å². The summed E-state index contributed by atoms with van der Waals surface area (Å²) in [6, 6.07) is 7.78. The molecular formula is C20H31ClN4O2. The van der Waals surface area contributed by atoms with Crippen LogP contribution in [0.15, 0.2) is 24.3 Å². The molecule has 2 rings (SSSR count). The average molecular weight is 395 g/mol. The van der Waals surface area contributed by atoms with Gasteiger partial charge in [-0.1, -0.05) is 30.7 Å². The molecule has 1 aliphatic rings. The van der Waals surface area contributed by atoms with Crippen molar-refractivity contribution in [3.05, 3.63) is 29.3 Å². The Kier molecular flexibility index (Phi) is 7.50. The van der Waals surface area contributed by atoms with Gasteiger partial charge in [-0.15, -0.1) is 0 Å². The lowest BCUT2D eigenvalue weighted by atomic mass is 10.1. The number of benzene rings is 1. The molecule has 0 bridgehead atoms. The van der Waals surface area contributed by atoms with Crippen LogP contribution >= 0.6 is 11.6 Å². The maximum absolute atomic E-state index is 12.7. The van der Waals surface area contributed by atoms with E-state index in [1.807, 2.05) is 61.8 Å². The summed E-state index contributed by atoms with van der Waals surface area (Å²) in [6.07, 6.45) is 0. The van der Waals surface area contributed by atoms with Crippen molar-refractivity contribution in [3.63, 3.8) is 0 Å². The van der Waals surface area contributed by atoms with E-state index in [1.165, 1.54) is 0 Å². The molecule has 0 unspecified atom stereocenters. The number of nitrogens with zero attached hydrogens (tertiary/aromatic N) is 3.